The van der Waals surface area contributed by atoms with Crippen LogP contribution in [0.2, 0.25) is 5.02 Å². The summed E-state index contributed by atoms with van der Waals surface area (Å²) >= 11 is 9.36. The Hall–Kier alpha value is -0.290. The summed E-state index contributed by atoms with van der Waals surface area (Å²) in [6, 6.07) is 5.56. The molecule has 1 N–H and O–H groups in total. The zero-order valence-electron chi connectivity index (χ0n) is 10.1. The molecule has 5 heteroatoms. The van der Waals surface area contributed by atoms with Gasteiger partial charge in [-0.15, -0.1) is 0 Å². The van der Waals surface area contributed by atoms with Gasteiger partial charge in [-0.1, -0.05) is 27.5 Å². The first-order chi connectivity index (χ1) is 8.09. The Balaban J connectivity index is 2.18. The van der Waals surface area contributed by atoms with E-state index in [1.807, 2.05) is 18.2 Å². The van der Waals surface area contributed by atoms with Crippen LogP contribution in [-0.2, 0) is 4.74 Å². The van der Waals surface area contributed by atoms with Crippen LogP contribution in [0.4, 0.5) is 0 Å². The van der Waals surface area contributed by atoms with Gasteiger partial charge >= 0.3 is 0 Å². The lowest BCUT2D eigenvalue weighted by molar-refractivity contribution is -0.858. The first-order valence-electron chi connectivity index (χ1n) is 5.54. The Morgan fingerprint density at radius 2 is 2.00 bits per heavy atom. The summed E-state index contributed by atoms with van der Waals surface area (Å²) in [7, 11) is 4.20. The molecule has 96 valence electrons. The number of nitrogens with one attached hydrogen (secondary N) is 1. The predicted molar refractivity (Wildman–Crippen MR) is 73.1 cm³/mol. The molecule has 0 amide bonds. The molecule has 0 spiro atoms. The van der Waals surface area contributed by atoms with Crippen LogP contribution in [0.3, 0.4) is 0 Å². The van der Waals surface area contributed by atoms with Gasteiger partial charge in [0.15, 0.2) is 0 Å². The number of quaternary nitrogens is 1. The van der Waals surface area contributed by atoms with E-state index < -0.39 is 0 Å². The Morgan fingerprint density at radius 1 is 1.24 bits per heavy atom. The largest absolute Gasteiger partial charge is 0.490 e. The minimum Gasteiger partial charge on any atom is -0.490 e. The second kappa shape index (κ2) is 7.93. The molecular weight excluding hydrogens is 305 g/mol. The molecule has 0 aliphatic heterocycles. The van der Waals surface area contributed by atoms with Gasteiger partial charge in [0, 0.05) is 4.47 Å². The number of likely N-dealkylation sites (N-methyl/N-ethyl adjacent to an activating group) is 1. The second-order valence-corrected chi connectivity index (χ2v) is 5.32. The van der Waals surface area contributed by atoms with E-state index in [1.165, 1.54) is 4.90 Å². The molecule has 0 radical (unpaired) electrons. The average molecular weight is 324 g/mol. The van der Waals surface area contributed by atoms with Crippen molar-refractivity contribution in [1.82, 2.24) is 0 Å². The van der Waals surface area contributed by atoms with E-state index in [-0.39, 0.29) is 0 Å². The zero-order chi connectivity index (χ0) is 12.7. The third-order valence-corrected chi connectivity index (χ3v) is 2.91. The van der Waals surface area contributed by atoms with E-state index >= 15 is 0 Å². The first kappa shape index (κ1) is 14.8. The van der Waals surface area contributed by atoms with Crippen molar-refractivity contribution in [1.29, 1.82) is 0 Å². The Morgan fingerprint density at radius 3 is 2.65 bits per heavy atom. The fourth-order valence-electron chi connectivity index (χ4n) is 1.18. The van der Waals surface area contributed by atoms with Gasteiger partial charge < -0.3 is 14.4 Å². The number of hydrogen-bond donors (Lipinski definition) is 1. The van der Waals surface area contributed by atoms with Crippen LogP contribution in [0.1, 0.15) is 0 Å². The standard InChI is InChI=1S/C12H17BrClNO2/c1-15(2)5-6-16-7-8-17-12-4-3-10(13)9-11(12)14/h3-4,9H,5-8H2,1-2H3/p+1. The molecule has 3 nitrogen and oxygen atoms in total. The summed E-state index contributed by atoms with van der Waals surface area (Å²) in [6.45, 7) is 2.85. The molecule has 0 aliphatic carbocycles. The fraction of sp³-hybridized carbons (Fsp3) is 0.500. The topological polar surface area (TPSA) is 22.9 Å². The van der Waals surface area contributed by atoms with E-state index in [0.29, 0.717) is 24.0 Å². The van der Waals surface area contributed by atoms with E-state index in [0.717, 1.165) is 17.6 Å². The van der Waals surface area contributed by atoms with Crippen molar-refractivity contribution in [3.63, 3.8) is 0 Å². The molecule has 0 saturated carbocycles. The molecule has 0 heterocycles. The zero-order valence-corrected chi connectivity index (χ0v) is 12.5. The van der Waals surface area contributed by atoms with E-state index in [4.69, 9.17) is 21.1 Å². The summed E-state index contributed by atoms with van der Waals surface area (Å²) in [5.74, 6) is 0.691. The van der Waals surface area contributed by atoms with Crippen LogP contribution >= 0.6 is 27.5 Å². The molecule has 1 rings (SSSR count). The predicted octanol–water partition coefficient (Wildman–Crippen LogP) is 1.64. The molecule has 0 aromatic heterocycles. The van der Waals surface area contributed by atoms with Gasteiger partial charge in [0.1, 0.15) is 18.9 Å². The van der Waals surface area contributed by atoms with Gasteiger partial charge in [0.25, 0.3) is 0 Å². The monoisotopic (exact) mass is 322 g/mol. The molecular formula is C12H18BrClNO2+. The minimum atomic E-state index is 0.518. The highest BCUT2D eigenvalue weighted by Crippen LogP contribution is 2.27. The summed E-state index contributed by atoms with van der Waals surface area (Å²) < 4.78 is 11.9. The number of rotatable bonds is 7. The normalized spacial score (nSPS) is 10.9. The lowest BCUT2D eigenvalue weighted by Gasteiger charge is -2.10. The fourth-order valence-corrected chi connectivity index (χ4v) is 1.91. The van der Waals surface area contributed by atoms with Gasteiger partial charge in [0.05, 0.1) is 32.3 Å². The summed E-state index contributed by atoms with van der Waals surface area (Å²) in [5.41, 5.74) is 0. The SMILES string of the molecule is C[NH+](C)CCOCCOc1ccc(Br)cc1Cl. The van der Waals surface area contributed by atoms with Crippen LogP contribution in [0.25, 0.3) is 0 Å². The highest BCUT2D eigenvalue weighted by molar-refractivity contribution is 9.10. The smallest absolute Gasteiger partial charge is 0.138 e. The van der Waals surface area contributed by atoms with Crippen molar-refractivity contribution in [2.24, 2.45) is 0 Å². The molecule has 17 heavy (non-hydrogen) atoms. The number of halogens is 2. The van der Waals surface area contributed by atoms with Crippen molar-refractivity contribution in [3.05, 3.63) is 27.7 Å². The van der Waals surface area contributed by atoms with Crippen molar-refractivity contribution >= 4 is 27.5 Å². The molecule has 0 aliphatic rings. The molecule has 1 aromatic carbocycles. The molecule has 0 unspecified atom stereocenters. The molecule has 1 aromatic rings. The average Bonchev–Trinajstić information content (AvgIpc) is 2.25. The Labute approximate surface area is 116 Å². The van der Waals surface area contributed by atoms with Crippen molar-refractivity contribution in [2.75, 3.05) is 40.5 Å². The minimum absolute atomic E-state index is 0.518. The third kappa shape index (κ3) is 6.27. The summed E-state index contributed by atoms with van der Waals surface area (Å²) in [6.07, 6.45) is 0. The van der Waals surface area contributed by atoms with Gasteiger partial charge in [-0.3, -0.25) is 0 Å². The molecule has 0 fully saturated rings. The maximum Gasteiger partial charge on any atom is 0.138 e. The van der Waals surface area contributed by atoms with Gasteiger partial charge in [-0.2, -0.15) is 0 Å². The van der Waals surface area contributed by atoms with Crippen LogP contribution in [0, 0.1) is 0 Å². The van der Waals surface area contributed by atoms with Crippen molar-refractivity contribution < 1.29 is 14.4 Å². The van der Waals surface area contributed by atoms with Crippen LogP contribution in [-0.4, -0.2) is 40.5 Å². The highest BCUT2D eigenvalue weighted by Gasteiger charge is 2.01. The van der Waals surface area contributed by atoms with Crippen LogP contribution < -0.4 is 9.64 Å². The maximum absolute atomic E-state index is 6.01. The first-order valence-corrected chi connectivity index (χ1v) is 6.71. The highest BCUT2D eigenvalue weighted by atomic mass is 79.9. The number of ether oxygens (including phenoxy) is 2. The molecule has 0 atom stereocenters. The number of benzene rings is 1. The van der Waals surface area contributed by atoms with Crippen LogP contribution in [0.15, 0.2) is 22.7 Å². The molecule has 0 saturated heterocycles. The Kier molecular flexibility index (Phi) is 6.89. The van der Waals surface area contributed by atoms with E-state index in [2.05, 4.69) is 30.0 Å². The number of hydrogen-bond acceptors (Lipinski definition) is 2. The van der Waals surface area contributed by atoms with Crippen molar-refractivity contribution in [3.8, 4) is 5.75 Å². The van der Waals surface area contributed by atoms with Gasteiger partial charge in [-0.25, -0.2) is 0 Å². The lowest BCUT2D eigenvalue weighted by Crippen LogP contribution is -3.06. The maximum atomic E-state index is 6.01. The third-order valence-electron chi connectivity index (χ3n) is 2.13. The van der Waals surface area contributed by atoms with Gasteiger partial charge in [0.2, 0.25) is 0 Å². The quantitative estimate of drug-likeness (QED) is 0.771. The summed E-state index contributed by atoms with van der Waals surface area (Å²) in [5, 5.41) is 0.608. The van der Waals surface area contributed by atoms with E-state index in [1.54, 1.807) is 0 Å². The Bertz CT molecular complexity index is 347. The lowest BCUT2D eigenvalue weighted by atomic mass is 10.3. The molecule has 0 bridgehead atoms. The van der Waals surface area contributed by atoms with Crippen LogP contribution in [0.5, 0.6) is 5.75 Å². The van der Waals surface area contributed by atoms with Gasteiger partial charge in [-0.05, 0) is 18.2 Å². The van der Waals surface area contributed by atoms with E-state index in [9.17, 15) is 0 Å². The second-order valence-electron chi connectivity index (χ2n) is 3.99. The van der Waals surface area contributed by atoms with Crippen molar-refractivity contribution in [2.45, 2.75) is 0 Å². The summed E-state index contributed by atoms with van der Waals surface area (Å²) in [4.78, 5) is 1.38.